The van der Waals surface area contributed by atoms with Gasteiger partial charge in [0, 0.05) is 12.7 Å². The number of pyridine rings is 1. The van der Waals surface area contributed by atoms with Crippen LogP contribution in [0.2, 0.25) is 0 Å². The van der Waals surface area contributed by atoms with E-state index in [2.05, 4.69) is 10.3 Å². The molecule has 0 saturated carbocycles. The number of benzene rings is 1. The number of hydrogen-bond acceptors (Lipinski definition) is 3. The van der Waals surface area contributed by atoms with Crippen molar-refractivity contribution in [2.24, 2.45) is 0 Å². The molecule has 23 heavy (non-hydrogen) atoms. The predicted molar refractivity (Wildman–Crippen MR) is 78.9 cm³/mol. The van der Waals surface area contributed by atoms with Crippen LogP contribution in [0.1, 0.15) is 11.5 Å². The minimum absolute atomic E-state index is 0. The van der Waals surface area contributed by atoms with Gasteiger partial charge >= 0.3 is 0 Å². The Bertz CT molecular complexity index is 719. The van der Waals surface area contributed by atoms with Crippen LogP contribution in [0.3, 0.4) is 0 Å². The van der Waals surface area contributed by atoms with E-state index in [1.54, 1.807) is 30.5 Å². The van der Waals surface area contributed by atoms with Crippen LogP contribution in [0, 0.1) is 5.82 Å². The summed E-state index contributed by atoms with van der Waals surface area (Å²) >= 11 is 0. The molecule has 1 N–H and O–H groups in total. The monoisotopic (exact) mass is 352 g/mol. The summed E-state index contributed by atoms with van der Waals surface area (Å²) in [4.78, 5) is 4.23. The lowest BCUT2D eigenvalue weighted by molar-refractivity contribution is -0.00100. The molecule has 0 amide bonds. The van der Waals surface area contributed by atoms with Gasteiger partial charge in [-0.2, -0.15) is 0 Å². The Kier molecular flexibility index (Phi) is 7.75. The van der Waals surface area contributed by atoms with Gasteiger partial charge in [0.25, 0.3) is 0 Å². The zero-order chi connectivity index (χ0) is 14.5. The maximum Gasteiger partial charge on any atom is 0.137 e. The molecule has 2 aromatic heterocycles. The van der Waals surface area contributed by atoms with Crippen LogP contribution >= 0.6 is 0 Å². The first kappa shape index (κ1) is 19.2. The third kappa shape index (κ3) is 5.06. The molecule has 1 aromatic carbocycles. The maximum absolute atomic E-state index is 13.7. The summed E-state index contributed by atoms with van der Waals surface area (Å²) in [5, 5.41) is 3.25. The van der Waals surface area contributed by atoms with E-state index in [0.717, 1.165) is 11.5 Å². The van der Waals surface area contributed by atoms with Gasteiger partial charge in [-0.15, -0.1) is 0 Å². The summed E-state index contributed by atoms with van der Waals surface area (Å²) in [6, 6.07) is 16.0. The molecule has 2 heterocycles. The molecule has 0 aliphatic rings. The van der Waals surface area contributed by atoms with E-state index in [-0.39, 0.29) is 30.6 Å². The second-order valence-corrected chi connectivity index (χ2v) is 4.67. The smallest absolute Gasteiger partial charge is 0.137 e. The number of rotatable bonds is 5. The highest BCUT2D eigenvalue weighted by Crippen LogP contribution is 2.24. The van der Waals surface area contributed by atoms with Crippen molar-refractivity contribution < 1.29 is 33.6 Å². The second-order valence-electron chi connectivity index (χ2n) is 4.67. The third-order valence-corrected chi connectivity index (χ3v) is 3.13. The number of halogens is 3. The first-order valence-electron chi connectivity index (χ1n) is 6.77. The van der Waals surface area contributed by atoms with Crippen molar-refractivity contribution in [3.63, 3.8) is 0 Å². The largest absolute Gasteiger partial charge is 1.00 e. The lowest BCUT2D eigenvalue weighted by atomic mass is 10.1. The average molecular weight is 353 g/mol. The summed E-state index contributed by atoms with van der Waals surface area (Å²) in [6.07, 6.45) is 1.76. The third-order valence-electron chi connectivity index (χ3n) is 3.13. The highest BCUT2D eigenvalue weighted by molar-refractivity contribution is 5.58. The molecule has 0 saturated heterocycles. The van der Waals surface area contributed by atoms with Crippen molar-refractivity contribution in [2.75, 3.05) is 0 Å². The SMILES string of the molecule is Fc1ccccc1-c1ccc(CNCc2ccccn2)o1.[Cl-].[Cl-]. The van der Waals surface area contributed by atoms with Crippen molar-refractivity contribution in [1.29, 1.82) is 0 Å². The fourth-order valence-electron chi connectivity index (χ4n) is 2.10. The molecule has 0 spiro atoms. The number of furan rings is 1. The van der Waals surface area contributed by atoms with E-state index in [1.807, 2.05) is 24.3 Å². The lowest BCUT2D eigenvalue weighted by Gasteiger charge is -2.02. The molecule has 0 atom stereocenters. The van der Waals surface area contributed by atoms with Crippen LogP contribution < -0.4 is 30.1 Å². The van der Waals surface area contributed by atoms with Crippen LogP contribution in [0.5, 0.6) is 0 Å². The van der Waals surface area contributed by atoms with Gasteiger partial charge in [0.1, 0.15) is 17.3 Å². The molecule has 0 bridgehead atoms. The van der Waals surface area contributed by atoms with Crippen molar-refractivity contribution in [3.05, 3.63) is 78.1 Å². The maximum atomic E-state index is 13.7. The minimum atomic E-state index is -0.278. The summed E-state index contributed by atoms with van der Waals surface area (Å²) < 4.78 is 19.3. The van der Waals surface area contributed by atoms with E-state index in [4.69, 9.17) is 4.42 Å². The summed E-state index contributed by atoms with van der Waals surface area (Å²) in [5.41, 5.74) is 1.45. The molecular formula is C17H15Cl2FN2O-2. The van der Waals surface area contributed by atoms with Gasteiger partial charge in [-0.3, -0.25) is 4.98 Å². The quantitative estimate of drug-likeness (QED) is 0.565. The fourth-order valence-corrected chi connectivity index (χ4v) is 2.10. The molecule has 0 fully saturated rings. The Morgan fingerprint density at radius 3 is 2.43 bits per heavy atom. The fraction of sp³-hybridized carbons (Fsp3) is 0.118. The molecule has 0 radical (unpaired) electrons. The number of nitrogens with zero attached hydrogens (tertiary/aromatic N) is 1. The van der Waals surface area contributed by atoms with Gasteiger partial charge in [-0.1, -0.05) is 18.2 Å². The van der Waals surface area contributed by atoms with E-state index in [1.165, 1.54) is 6.07 Å². The van der Waals surface area contributed by atoms with Crippen LogP contribution in [-0.4, -0.2) is 4.98 Å². The van der Waals surface area contributed by atoms with Gasteiger partial charge in [0.15, 0.2) is 0 Å². The first-order chi connectivity index (χ1) is 10.3. The highest BCUT2D eigenvalue weighted by Gasteiger charge is 2.08. The zero-order valence-electron chi connectivity index (χ0n) is 12.2. The summed E-state index contributed by atoms with van der Waals surface area (Å²) in [5.74, 6) is 1.03. The van der Waals surface area contributed by atoms with E-state index in [9.17, 15) is 4.39 Å². The second kappa shape index (κ2) is 9.30. The molecule has 122 valence electrons. The first-order valence-corrected chi connectivity index (χ1v) is 6.77. The number of nitrogens with one attached hydrogen (secondary N) is 1. The van der Waals surface area contributed by atoms with Gasteiger partial charge in [-0.25, -0.2) is 4.39 Å². The number of aromatic nitrogens is 1. The van der Waals surface area contributed by atoms with Gasteiger partial charge in [0.05, 0.1) is 17.8 Å². The van der Waals surface area contributed by atoms with Gasteiger partial charge in [0.2, 0.25) is 0 Å². The van der Waals surface area contributed by atoms with E-state index in [0.29, 0.717) is 24.4 Å². The minimum Gasteiger partial charge on any atom is -1.00 e. The molecule has 0 aliphatic carbocycles. The molecule has 0 aliphatic heterocycles. The van der Waals surface area contributed by atoms with Gasteiger partial charge < -0.3 is 34.5 Å². The van der Waals surface area contributed by atoms with Crippen LogP contribution in [0.25, 0.3) is 11.3 Å². The van der Waals surface area contributed by atoms with E-state index >= 15 is 0 Å². The molecular weight excluding hydrogens is 338 g/mol. The normalized spacial score (nSPS) is 9.78. The van der Waals surface area contributed by atoms with E-state index < -0.39 is 0 Å². The summed E-state index contributed by atoms with van der Waals surface area (Å²) in [7, 11) is 0. The topological polar surface area (TPSA) is 38.1 Å². The zero-order valence-corrected chi connectivity index (χ0v) is 13.7. The lowest BCUT2D eigenvalue weighted by Crippen LogP contribution is -3.00. The van der Waals surface area contributed by atoms with Gasteiger partial charge in [-0.05, 0) is 36.4 Å². The van der Waals surface area contributed by atoms with Crippen molar-refractivity contribution in [2.45, 2.75) is 13.1 Å². The van der Waals surface area contributed by atoms with Crippen LogP contribution in [0.15, 0.2) is 65.2 Å². The standard InChI is InChI=1S/C17H15FN2O.2ClH/c18-16-7-2-1-6-15(16)17-9-8-14(21-17)12-19-11-13-5-3-4-10-20-13;;/h1-10,19H,11-12H2;2*1H/p-2. The highest BCUT2D eigenvalue weighted by atomic mass is 35.5. The molecule has 0 unspecified atom stereocenters. The molecule has 3 nitrogen and oxygen atoms in total. The van der Waals surface area contributed by atoms with Crippen molar-refractivity contribution in [3.8, 4) is 11.3 Å². The van der Waals surface area contributed by atoms with Crippen molar-refractivity contribution >= 4 is 0 Å². The van der Waals surface area contributed by atoms with Crippen LogP contribution in [-0.2, 0) is 13.1 Å². The Morgan fingerprint density at radius 2 is 1.70 bits per heavy atom. The molecule has 3 aromatic rings. The Balaban J connectivity index is 0.00000132. The Morgan fingerprint density at radius 1 is 0.913 bits per heavy atom. The van der Waals surface area contributed by atoms with Crippen molar-refractivity contribution in [1.82, 2.24) is 10.3 Å². The van der Waals surface area contributed by atoms with Crippen LogP contribution in [0.4, 0.5) is 4.39 Å². The Labute approximate surface area is 146 Å². The molecule has 3 rings (SSSR count). The number of hydrogen-bond donors (Lipinski definition) is 1. The Hall–Kier alpha value is -1.88. The molecule has 6 heteroatoms. The predicted octanol–water partition coefficient (Wildman–Crippen LogP) is -2.22. The average Bonchev–Trinajstić information content (AvgIpc) is 2.97. The summed E-state index contributed by atoms with van der Waals surface area (Å²) in [6.45, 7) is 1.24.